The molecule has 44 heavy (non-hydrogen) atoms. The van der Waals surface area contributed by atoms with E-state index in [2.05, 4.69) is 57.7 Å². The summed E-state index contributed by atoms with van der Waals surface area (Å²) in [6, 6.07) is 22.7. The van der Waals surface area contributed by atoms with Gasteiger partial charge in [-0.3, -0.25) is 4.79 Å². The van der Waals surface area contributed by atoms with Crippen molar-refractivity contribution in [2.45, 2.75) is 38.5 Å². The summed E-state index contributed by atoms with van der Waals surface area (Å²) in [5.74, 6) is 0.380. The van der Waals surface area contributed by atoms with Gasteiger partial charge in [0.1, 0.15) is 5.82 Å². The van der Waals surface area contributed by atoms with Crippen LogP contribution in [0.15, 0.2) is 78.6 Å². The number of aliphatic hydroxyl groups excluding tert-OH is 1. The average molecular weight is 598 g/mol. The Labute approximate surface area is 257 Å². The predicted octanol–water partition coefficient (Wildman–Crippen LogP) is 4.84. The lowest BCUT2D eigenvalue weighted by molar-refractivity contribution is -0.168. The molecule has 0 saturated heterocycles. The molecule has 1 aliphatic carbocycles. The van der Waals surface area contributed by atoms with Gasteiger partial charge in [-0.1, -0.05) is 54.6 Å². The smallest absolute Gasteiger partial charge is 0.286 e. The Kier molecular flexibility index (Phi) is 9.67. The highest BCUT2D eigenvalue weighted by Crippen LogP contribution is 2.45. The van der Waals surface area contributed by atoms with Crippen molar-refractivity contribution in [3.63, 3.8) is 0 Å². The first-order valence-corrected chi connectivity index (χ1v) is 15.3. The third-order valence-electron chi connectivity index (χ3n) is 8.24. The van der Waals surface area contributed by atoms with Crippen LogP contribution in [-0.2, 0) is 36.7 Å². The lowest BCUT2D eigenvalue weighted by atomic mass is 9.78. The number of hydrogen-bond acceptors (Lipinski definition) is 7. The number of aromatic nitrogens is 2. The summed E-state index contributed by atoms with van der Waals surface area (Å²) in [4.78, 5) is 21.4. The molecule has 3 aromatic carbocycles. The first-order valence-electron chi connectivity index (χ1n) is 15.3. The number of rotatable bonds is 14. The number of nitrogens with one attached hydrogen (secondary N) is 2. The number of carbonyl (C=O) groups is 1. The Hall–Kier alpha value is -4.02. The number of aromatic amines is 1. The van der Waals surface area contributed by atoms with Crippen LogP contribution in [-0.4, -0.2) is 66.9 Å². The van der Waals surface area contributed by atoms with E-state index in [4.69, 9.17) is 24.1 Å². The van der Waals surface area contributed by atoms with Crippen LogP contribution in [0.5, 0.6) is 0 Å². The van der Waals surface area contributed by atoms with Crippen molar-refractivity contribution in [2.75, 3.05) is 39.6 Å². The van der Waals surface area contributed by atoms with Crippen molar-refractivity contribution < 1.29 is 28.8 Å². The highest BCUT2D eigenvalue weighted by molar-refractivity contribution is 5.92. The Balaban J connectivity index is 1.26. The second-order valence-electron chi connectivity index (χ2n) is 11.0. The molecule has 230 valence electrons. The molecule has 3 N–H and O–H groups in total. The minimum absolute atomic E-state index is 0.0110. The fourth-order valence-electron chi connectivity index (χ4n) is 6.24. The van der Waals surface area contributed by atoms with E-state index in [1.165, 1.54) is 27.8 Å². The van der Waals surface area contributed by atoms with Gasteiger partial charge in [0.05, 0.1) is 44.0 Å². The van der Waals surface area contributed by atoms with Crippen LogP contribution >= 0.6 is 0 Å². The van der Waals surface area contributed by atoms with Gasteiger partial charge < -0.3 is 34.4 Å². The second-order valence-corrected chi connectivity index (χ2v) is 11.0. The number of carbonyl (C=O) groups excluding carboxylic acids is 1. The maximum Gasteiger partial charge on any atom is 0.286 e. The summed E-state index contributed by atoms with van der Waals surface area (Å²) in [7, 11) is 0. The molecular formula is C35H39N3O6. The highest BCUT2D eigenvalue weighted by Gasteiger charge is 2.39. The molecule has 9 heteroatoms. The first-order chi connectivity index (χ1) is 21.7. The number of allylic oxidation sites excluding steroid dienone is 1. The molecule has 2 heterocycles. The van der Waals surface area contributed by atoms with Gasteiger partial charge in [-0.15, -0.1) is 0 Å². The van der Waals surface area contributed by atoms with Crippen molar-refractivity contribution >= 4 is 16.9 Å². The van der Waals surface area contributed by atoms with E-state index in [1.807, 2.05) is 37.3 Å². The zero-order valence-corrected chi connectivity index (χ0v) is 25.0. The fourth-order valence-corrected chi connectivity index (χ4v) is 6.24. The summed E-state index contributed by atoms with van der Waals surface area (Å²) in [5.41, 5.74) is 8.02. The molecule has 0 fully saturated rings. The molecule has 2 aliphatic rings. The number of imidazole rings is 1. The van der Waals surface area contributed by atoms with Crippen LogP contribution in [0.4, 0.5) is 0 Å². The molecule has 1 aliphatic heterocycles. The Morgan fingerprint density at radius 3 is 2.64 bits per heavy atom. The standard InChI is InChI=1S/C35H39N3O6/c1-2-43-35-27(14-16-41-18-19-42-17-15-39)29(26-11-7-10-25-24-9-4-3-8-23(24)20-28(25)26)21-32(44-35)34(40)36-22-33-37-30-12-5-6-13-31(30)38-33/h3-13,21,27,29,35,39H,2,14-20,22H2,1H3,(H,36,40)(H,37,38)/t27-,29-,35-/m0/s1. The summed E-state index contributed by atoms with van der Waals surface area (Å²) < 4.78 is 23.7. The number of nitrogens with zero attached hydrogens (tertiary/aromatic N) is 1. The van der Waals surface area contributed by atoms with Crippen LogP contribution in [0.25, 0.3) is 22.2 Å². The summed E-state index contributed by atoms with van der Waals surface area (Å²) in [6.07, 6.45) is 2.83. The molecule has 6 rings (SSSR count). The quantitative estimate of drug-likeness (QED) is 0.157. The van der Waals surface area contributed by atoms with Crippen molar-refractivity contribution in [1.82, 2.24) is 15.3 Å². The van der Waals surface area contributed by atoms with Crippen molar-refractivity contribution in [3.8, 4) is 11.1 Å². The van der Waals surface area contributed by atoms with Gasteiger partial charge >= 0.3 is 0 Å². The number of ether oxygens (including phenoxy) is 4. The number of aliphatic hydroxyl groups is 1. The third-order valence-corrected chi connectivity index (χ3v) is 8.24. The number of benzene rings is 3. The van der Waals surface area contributed by atoms with Crippen LogP contribution in [0.3, 0.4) is 0 Å². The second kappa shape index (κ2) is 14.2. The monoisotopic (exact) mass is 597 g/mol. The van der Waals surface area contributed by atoms with E-state index < -0.39 is 6.29 Å². The number of fused-ring (bicyclic) bond motifs is 4. The lowest BCUT2D eigenvalue weighted by Gasteiger charge is -2.37. The van der Waals surface area contributed by atoms with Crippen molar-refractivity contribution in [2.24, 2.45) is 5.92 Å². The highest BCUT2D eigenvalue weighted by atomic mass is 16.7. The predicted molar refractivity (Wildman–Crippen MR) is 167 cm³/mol. The molecule has 4 aromatic rings. The summed E-state index contributed by atoms with van der Waals surface area (Å²) in [5, 5.41) is 11.9. The lowest BCUT2D eigenvalue weighted by Crippen LogP contribution is -2.39. The van der Waals surface area contributed by atoms with Gasteiger partial charge in [0.25, 0.3) is 5.91 Å². The maximum absolute atomic E-state index is 13.6. The van der Waals surface area contributed by atoms with Gasteiger partial charge in [-0.2, -0.15) is 0 Å². The van der Waals surface area contributed by atoms with Crippen LogP contribution in [0, 0.1) is 5.92 Å². The van der Waals surface area contributed by atoms with Gasteiger partial charge in [0, 0.05) is 25.0 Å². The van der Waals surface area contributed by atoms with Gasteiger partial charge in [0.15, 0.2) is 5.76 Å². The molecule has 1 aromatic heterocycles. The SMILES string of the molecule is CCO[C@H]1OC(C(=O)NCc2nc3ccccc3[nH]2)=C[C@@H](c2cccc3c2Cc2ccccc2-3)[C@@H]1CCOCCOCCO. The van der Waals surface area contributed by atoms with Crippen molar-refractivity contribution in [3.05, 3.63) is 101 Å². The van der Waals surface area contributed by atoms with Gasteiger partial charge in [-0.05, 0) is 65.8 Å². The van der Waals surface area contributed by atoms with Crippen LogP contribution in [0.2, 0.25) is 0 Å². The summed E-state index contributed by atoms with van der Waals surface area (Å²) >= 11 is 0. The molecule has 0 radical (unpaired) electrons. The molecule has 0 saturated carbocycles. The van der Waals surface area contributed by atoms with Crippen LogP contribution in [0.1, 0.15) is 41.8 Å². The third kappa shape index (κ3) is 6.56. The Morgan fingerprint density at radius 2 is 1.80 bits per heavy atom. The molecule has 3 atom stereocenters. The topological polar surface area (TPSA) is 115 Å². The first kappa shape index (κ1) is 30.0. The van der Waals surface area contributed by atoms with E-state index in [1.54, 1.807) is 0 Å². The van der Waals surface area contributed by atoms with Crippen LogP contribution < -0.4 is 5.32 Å². The number of para-hydroxylation sites is 2. The zero-order chi connectivity index (χ0) is 30.3. The molecule has 0 spiro atoms. The minimum Gasteiger partial charge on any atom is -0.459 e. The van der Waals surface area contributed by atoms with E-state index in [0.29, 0.717) is 45.3 Å². The molecule has 0 unspecified atom stereocenters. The van der Waals surface area contributed by atoms with E-state index in [9.17, 15) is 4.79 Å². The normalized spacial score (nSPS) is 18.9. The number of amides is 1. The fraction of sp³-hybridized carbons (Fsp3) is 0.371. The number of H-pyrrole nitrogens is 1. The molecule has 1 amide bonds. The number of hydrogen-bond donors (Lipinski definition) is 3. The maximum atomic E-state index is 13.6. The van der Waals surface area contributed by atoms with Gasteiger partial charge in [0.2, 0.25) is 6.29 Å². The molecule has 0 bridgehead atoms. The van der Waals surface area contributed by atoms with E-state index >= 15 is 0 Å². The van der Waals surface area contributed by atoms with Crippen molar-refractivity contribution in [1.29, 1.82) is 0 Å². The van der Waals surface area contributed by atoms with E-state index in [-0.39, 0.29) is 36.7 Å². The summed E-state index contributed by atoms with van der Waals surface area (Å²) in [6.45, 7) is 4.22. The Morgan fingerprint density at radius 1 is 1.00 bits per heavy atom. The Bertz CT molecular complexity index is 1580. The van der Waals surface area contributed by atoms with E-state index in [0.717, 1.165) is 17.5 Å². The average Bonchev–Trinajstić information content (AvgIpc) is 3.65. The molecular weight excluding hydrogens is 558 g/mol. The molecule has 9 nitrogen and oxygen atoms in total. The zero-order valence-electron chi connectivity index (χ0n) is 25.0. The van der Waals surface area contributed by atoms with Gasteiger partial charge in [-0.25, -0.2) is 4.98 Å². The largest absolute Gasteiger partial charge is 0.459 e. The minimum atomic E-state index is -0.629.